The number of hydrogen-bond donors (Lipinski definition) is 0. The smallest absolute Gasteiger partial charge is 0.297 e. The van der Waals surface area contributed by atoms with Crippen molar-refractivity contribution in [3.8, 4) is 0 Å². The number of aromatic nitrogens is 1. The molecule has 0 N–H and O–H groups in total. The Hall–Kier alpha value is -1.92. The van der Waals surface area contributed by atoms with Crippen molar-refractivity contribution < 1.29 is 12.6 Å². The van der Waals surface area contributed by atoms with Crippen molar-refractivity contribution in [2.75, 3.05) is 18.0 Å². The molecule has 1 atom stereocenters. The Bertz CT molecular complexity index is 730. The molecule has 0 radical (unpaired) electrons. The first kappa shape index (κ1) is 15.0. The highest BCUT2D eigenvalue weighted by atomic mass is 32.2. The lowest BCUT2D eigenvalue weighted by atomic mass is 10.2. The van der Waals surface area contributed by atoms with Crippen LogP contribution in [0.4, 0.5) is 5.69 Å². The van der Waals surface area contributed by atoms with E-state index in [1.54, 1.807) is 36.7 Å². The van der Waals surface area contributed by atoms with Crippen LogP contribution in [-0.4, -0.2) is 32.6 Å². The summed E-state index contributed by atoms with van der Waals surface area (Å²) in [5, 5.41) is 0. The summed E-state index contributed by atoms with van der Waals surface area (Å²) in [5.41, 5.74) is 2.05. The summed E-state index contributed by atoms with van der Waals surface area (Å²) < 4.78 is 30.0. The van der Waals surface area contributed by atoms with E-state index in [1.807, 2.05) is 19.1 Å². The van der Waals surface area contributed by atoms with Gasteiger partial charge in [-0.1, -0.05) is 17.7 Å². The summed E-state index contributed by atoms with van der Waals surface area (Å²) >= 11 is 0. The van der Waals surface area contributed by atoms with E-state index >= 15 is 0 Å². The molecule has 1 saturated heterocycles. The van der Waals surface area contributed by atoms with Crippen molar-refractivity contribution in [1.29, 1.82) is 0 Å². The van der Waals surface area contributed by atoms with Gasteiger partial charge in [-0.25, -0.2) is 0 Å². The molecule has 0 bridgehead atoms. The van der Waals surface area contributed by atoms with Gasteiger partial charge in [-0.05, 0) is 37.6 Å². The van der Waals surface area contributed by atoms with Crippen molar-refractivity contribution in [2.24, 2.45) is 0 Å². The van der Waals surface area contributed by atoms with Gasteiger partial charge >= 0.3 is 0 Å². The fraction of sp³-hybridized carbons (Fsp3) is 0.312. The second kappa shape index (κ2) is 6.06. The molecule has 0 saturated carbocycles. The molecular weight excluding hydrogens is 300 g/mol. The minimum Gasteiger partial charge on any atom is -0.369 e. The normalized spacial score (nSPS) is 18.6. The highest BCUT2D eigenvalue weighted by molar-refractivity contribution is 7.86. The summed E-state index contributed by atoms with van der Waals surface area (Å²) in [6.07, 6.45) is 3.83. The molecule has 1 aromatic heterocycles. The summed E-state index contributed by atoms with van der Waals surface area (Å²) in [5.74, 6) is 0. The molecule has 1 aliphatic rings. The van der Waals surface area contributed by atoms with E-state index in [1.165, 1.54) is 0 Å². The van der Waals surface area contributed by atoms with Crippen LogP contribution in [0.2, 0.25) is 0 Å². The van der Waals surface area contributed by atoms with E-state index in [9.17, 15) is 8.42 Å². The number of benzene rings is 1. The number of anilines is 1. The van der Waals surface area contributed by atoms with E-state index < -0.39 is 10.1 Å². The largest absolute Gasteiger partial charge is 0.369 e. The number of rotatable bonds is 4. The average Bonchev–Trinajstić information content (AvgIpc) is 2.96. The topological polar surface area (TPSA) is 59.5 Å². The molecule has 2 aromatic rings. The van der Waals surface area contributed by atoms with Gasteiger partial charge in [0.25, 0.3) is 10.1 Å². The third-order valence-electron chi connectivity index (χ3n) is 3.75. The van der Waals surface area contributed by atoms with Crippen LogP contribution in [0.1, 0.15) is 12.0 Å². The predicted octanol–water partition coefficient (Wildman–Crippen LogP) is 2.37. The molecule has 3 rings (SSSR count). The van der Waals surface area contributed by atoms with Crippen LogP contribution < -0.4 is 4.90 Å². The summed E-state index contributed by atoms with van der Waals surface area (Å²) in [7, 11) is -3.71. The van der Waals surface area contributed by atoms with Gasteiger partial charge in [0, 0.05) is 31.2 Å². The first-order valence-electron chi connectivity index (χ1n) is 7.19. The Morgan fingerprint density at radius 3 is 2.50 bits per heavy atom. The van der Waals surface area contributed by atoms with Crippen molar-refractivity contribution >= 4 is 15.8 Å². The van der Waals surface area contributed by atoms with Crippen LogP contribution in [0.3, 0.4) is 0 Å². The Balaban J connectivity index is 1.68. The quantitative estimate of drug-likeness (QED) is 0.810. The van der Waals surface area contributed by atoms with Gasteiger partial charge in [0.05, 0.1) is 11.0 Å². The Labute approximate surface area is 130 Å². The average molecular weight is 318 g/mol. The van der Waals surface area contributed by atoms with Crippen LogP contribution in [0, 0.1) is 6.92 Å². The van der Waals surface area contributed by atoms with E-state index in [4.69, 9.17) is 4.18 Å². The fourth-order valence-electron chi connectivity index (χ4n) is 2.54. The van der Waals surface area contributed by atoms with Crippen molar-refractivity contribution in [1.82, 2.24) is 4.98 Å². The van der Waals surface area contributed by atoms with Gasteiger partial charge in [-0.2, -0.15) is 8.42 Å². The van der Waals surface area contributed by atoms with Gasteiger partial charge < -0.3 is 4.90 Å². The van der Waals surface area contributed by atoms with Crippen LogP contribution in [0.25, 0.3) is 0 Å². The Morgan fingerprint density at radius 2 is 1.82 bits per heavy atom. The molecule has 2 heterocycles. The Kier molecular flexibility index (Phi) is 4.13. The van der Waals surface area contributed by atoms with Crippen LogP contribution in [0.15, 0.2) is 53.7 Å². The van der Waals surface area contributed by atoms with Crippen molar-refractivity contribution in [3.05, 3.63) is 54.4 Å². The fourth-order valence-corrected chi connectivity index (χ4v) is 3.63. The van der Waals surface area contributed by atoms with Crippen LogP contribution >= 0.6 is 0 Å². The summed E-state index contributed by atoms with van der Waals surface area (Å²) in [6.45, 7) is 3.26. The summed E-state index contributed by atoms with van der Waals surface area (Å²) in [6, 6.07) is 10.5. The van der Waals surface area contributed by atoms with Gasteiger partial charge in [0.2, 0.25) is 0 Å². The number of aryl methyl sites for hydroxylation is 1. The molecular formula is C16H18N2O3S. The highest BCUT2D eigenvalue weighted by Gasteiger charge is 2.28. The third kappa shape index (κ3) is 3.28. The molecule has 0 spiro atoms. The maximum atomic E-state index is 12.3. The predicted molar refractivity (Wildman–Crippen MR) is 84.3 cm³/mol. The SMILES string of the molecule is Cc1ccc(S(=O)(=O)O[C@H]2CCN(c3ccncc3)C2)cc1. The Morgan fingerprint density at radius 1 is 1.14 bits per heavy atom. The molecule has 1 fully saturated rings. The van der Waals surface area contributed by atoms with Gasteiger partial charge in [0.15, 0.2) is 0 Å². The van der Waals surface area contributed by atoms with Gasteiger partial charge in [-0.3, -0.25) is 9.17 Å². The lowest BCUT2D eigenvalue weighted by Crippen LogP contribution is -2.24. The second-order valence-electron chi connectivity index (χ2n) is 5.43. The third-order valence-corrected chi connectivity index (χ3v) is 5.12. The number of pyridine rings is 1. The van der Waals surface area contributed by atoms with Gasteiger partial charge in [0.1, 0.15) is 0 Å². The zero-order valence-corrected chi connectivity index (χ0v) is 13.2. The molecule has 1 aromatic carbocycles. The van der Waals surface area contributed by atoms with Crippen molar-refractivity contribution in [3.63, 3.8) is 0 Å². The number of nitrogens with zero attached hydrogens (tertiary/aromatic N) is 2. The molecule has 1 aliphatic heterocycles. The molecule has 0 amide bonds. The number of hydrogen-bond acceptors (Lipinski definition) is 5. The second-order valence-corrected chi connectivity index (χ2v) is 7.00. The van der Waals surface area contributed by atoms with Crippen LogP contribution in [-0.2, 0) is 14.3 Å². The molecule has 116 valence electrons. The zero-order valence-electron chi connectivity index (χ0n) is 12.3. The van der Waals surface area contributed by atoms with Crippen molar-refractivity contribution in [2.45, 2.75) is 24.3 Å². The lowest BCUT2D eigenvalue weighted by Gasteiger charge is -2.18. The molecule has 5 nitrogen and oxygen atoms in total. The summed E-state index contributed by atoms with van der Waals surface area (Å²) in [4.78, 5) is 6.31. The highest BCUT2D eigenvalue weighted by Crippen LogP contribution is 2.24. The standard InChI is InChI=1S/C16H18N2O3S/c1-13-2-4-16(5-3-13)22(19,20)21-15-8-11-18(12-15)14-6-9-17-10-7-14/h2-7,9-10,15H,8,11-12H2,1H3/t15-/m0/s1. The minimum atomic E-state index is -3.71. The first-order chi connectivity index (χ1) is 10.5. The zero-order chi connectivity index (χ0) is 15.6. The first-order valence-corrected chi connectivity index (χ1v) is 8.60. The molecule has 22 heavy (non-hydrogen) atoms. The molecule has 0 aliphatic carbocycles. The molecule has 0 unspecified atom stereocenters. The van der Waals surface area contributed by atoms with E-state index in [0.29, 0.717) is 13.0 Å². The van der Waals surface area contributed by atoms with E-state index in [2.05, 4.69) is 9.88 Å². The maximum absolute atomic E-state index is 12.3. The van der Waals surface area contributed by atoms with Gasteiger partial charge in [-0.15, -0.1) is 0 Å². The lowest BCUT2D eigenvalue weighted by molar-refractivity contribution is 0.232. The molecule has 6 heteroatoms. The minimum absolute atomic E-state index is 0.209. The van der Waals surface area contributed by atoms with E-state index in [0.717, 1.165) is 17.8 Å². The monoisotopic (exact) mass is 318 g/mol. The maximum Gasteiger partial charge on any atom is 0.297 e. The van der Waals surface area contributed by atoms with E-state index in [-0.39, 0.29) is 11.0 Å². The van der Waals surface area contributed by atoms with Crippen LogP contribution in [0.5, 0.6) is 0 Å².